The largest absolute Gasteiger partial charge is 0.354 e. The van der Waals surface area contributed by atoms with Crippen LogP contribution >= 0.6 is 27.7 Å². The minimum absolute atomic E-state index is 0.683. The molecule has 0 saturated heterocycles. The van der Waals surface area contributed by atoms with E-state index < -0.39 is 0 Å². The lowest BCUT2D eigenvalue weighted by Gasteiger charge is -1.97. The standard InChI is InChI=1S/C6H12BrN3S/c7-3-5-4-10-6(11-5)9-2-1-8/h5H,1-4,8H2,(H,9,10)/p+2. The summed E-state index contributed by atoms with van der Waals surface area (Å²) in [6, 6.07) is 0. The van der Waals surface area contributed by atoms with Gasteiger partial charge in [-0.25, -0.2) is 0 Å². The zero-order chi connectivity index (χ0) is 8.10. The van der Waals surface area contributed by atoms with Crippen LogP contribution in [0.5, 0.6) is 0 Å². The highest BCUT2D eigenvalue weighted by molar-refractivity contribution is 9.09. The van der Waals surface area contributed by atoms with Gasteiger partial charge in [-0.15, -0.1) is 0 Å². The number of nitrogens with one attached hydrogen (secondary N) is 2. The number of rotatable bonds is 3. The maximum atomic E-state index is 3.76. The van der Waals surface area contributed by atoms with E-state index in [-0.39, 0.29) is 0 Å². The molecule has 0 aromatic carbocycles. The van der Waals surface area contributed by atoms with Gasteiger partial charge in [0.25, 0.3) is 0 Å². The molecule has 11 heavy (non-hydrogen) atoms. The Labute approximate surface area is 79.3 Å². The summed E-state index contributed by atoms with van der Waals surface area (Å²) in [5, 5.41) is 6.23. The first-order valence-electron chi connectivity index (χ1n) is 3.73. The maximum absolute atomic E-state index is 3.76. The van der Waals surface area contributed by atoms with Crippen LogP contribution in [-0.2, 0) is 0 Å². The molecule has 5 N–H and O–H groups in total. The molecule has 0 spiro atoms. The molecule has 1 aliphatic rings. The summed E-state index contributed by atoms with van der Waals surface area (Å²) in [5.41, 5.74) is 3.76. The Morgan fingerprint density at radius 2 is 2.64 bits per heavy atom. The molecule has 0 radical (unpaired) electrons. The van der Waals surface area contributed by atoms with Crippen molar-refractivity contribution in [2.24, 2.45) is 0 Å². The number of amidine groups is 1. The molecule has 5 heteroatoms. The zero-order valence-electron chi connectivity index (χ0n) is 6.40. The Balaban J connectivity index is 2.17. The average Bonchev–Trinajstić information content (AvgIpc) is 2.48. The fourth-order valence-electron chi connectivity index (χ4n) is 0.849. The Bertz CT molecular complexity index is 151. The van der Waals surface area contributed by atoms with Crippen LogP contribution < -0.4 is 16.0 Å². The molecule has 0 aliphatic carbocycles. The molecule has 1 heterocycles. The van der Waals surface area contributed by atoms with Crippen LogP contribution in [0.4, 0.5) is 0 Å². The van der Waals surface area contributed by atoms with Crippen LogP contribution in [0.25, 0.3) is 0 Å². The van der Waals surface area contributed by atoms with Gasteiger partial charge < -0.3 is 5.73 Å². The van der Waals surface area contributed by atoms with Gasteiger partial charge in [0, 0.05) is 5.33 Å². The highest BCUT2D eigenvalue weighted by Crippen LogP contribution is 2.12. The molecule has 1 unspecified atom stereocenters. The van der Waals surface area contributed by atoms with Gasteiger partial charge in [0.15, 0.2) is 0 Å². The average molecular weight is 240 g/mol. The Hall–Kier alpha value is 0.260. The molecule has 1 aliphatic heterocycles. The van der Waals surface area contributed by atoms with Gasteiger partial charge in [-0.1, -0.05) is 15.9 Å². The minimum atomic E-state index is 0.683. The van der Waals surface area contributed by atoms with Crippen molar-refractivity contribution < 1.29 is 10.7 Å². The summed E-state index contributed by atoms with van der Waals surface area (Å²) < 4.78 is 0. The van der Waals surface area contributed by atoms with Crippen molar-refractivity contribution in [1.29, 1.82) is 0 Å². The summed E-state index contributed by atoms with van der Waals surface area (Å²) in [6.45, 7) is 2.96. The lowest BCUT2D eigenvalue weighted by atomic mass is 10.5. The third-order valence-corrected chi connectivity index (χ3v) is 3.81. The van der Waals surface area contributed by atoms with E-state index in [0.717, 1.165) is 25.0 Å². The second-order valence-electron chi connectivity index (χ2n) is 2.38. The predicted molar refractivity (Wildman–Crippen MR) is 51.8 cm³/mol. The van der Waals surface area contributed by atoms with Crippen LogP contribution in [0.3, 0.4) is 0 Å². The smallest absolute Gasteiger partial charge is 0.304 e. The highest BCUT2D eigenvalue weighted by Gasteiger charge is 2.22. The van der Waals surface area contributed by atoms with Crippen molar-refractivity contribution in [3.8, 4) is 0 Å². The second-order valence-corrected chi connectivity index (χ2v) is 4.34. The lowest BCUT2D eigenvalue weighted by molar-refractivity contribution is -0.450. The Morgan fingerprint density at radius 3 is 3.18 bits per heavy atom. The lowest BCUT2D eigenvalue weighted by Crippen LogP contribution is -2.73. The number of halogens is 1. The summed E-state index contributed by atoms with van der Waals surface area (Å²) in [4.78, 5) is 3.30. The third-order valence-electron chi connectivity index (χ3n) is 1.41. The van der Waals surface area contributed by atoms with Crippen LogP contribution in [0.2, 0.25) is 0 Å². The van der Waals surface area contributed by atoms with E-state index in [9.17, 15) is 0 Å². The van der Waals surface area contributed by atoms with E-state index >= 15 is 0 Å². The molecule has 64 valence electrons. The first-order chi connectivity index (χ1) is 5.36. The summed E-state index contributed by atoms with van der Waals surface area (Å²) >= 11 is 5.33. The minimum Gasteiger partial charge on any atom is -0.354 e. The molecule has 0 saturated carbocycles. The topological polar surface area (TPSA) is 53.6 Å². The van der Waals surface area contributed by atoms with E-state index in [1.165, 1.54) is 5.17 Å². The fraction of sp³-hybridized carbons (Fsp3) is 0.833. The van der Waals surface area contributed by atoms with Crippen molar-refractivity contribution in [1.82, 2.24) is 5.32 Å². The van der Waals surface area contributed by atoms with Crippen LogP contribution in [0, 0.1) is 0 Å². The van der Waals surface area contributed by atoms with Gasteiger partial charge in [0.2, 0.25) is 0 Å². The van der Waals surface area contributed by atoms with Crippen molar-refractivity contribution in [2.45, 2.75) is 5.25 Å². The number of alkyl halides is 1. The van der Waals surface area contributed by atoms with Crippen LogP contribution in [0.15, 0.2) is 0 Å². The number of quaternary nitrogens is 1. The van der Waals surface area contributed by atoms with E-state index in [0.29, 0.717) is 5.25 Å². The molecule has 1 rings (SSSR count). The van der Waals surface area contributed by atoms with Crippen molar-refractivity contribution in [2.75, 3.05) is 25.0 Å². The van der Waals surface area contributed by atoms with Crippen LogP contribution in [0.1, 0.15) is 0 Å². The Kier molecular flexibility index (Phi) is 4.25. The normalized spacial score (nSPS) is 23.5. The van der Waals surface area contributed by atoms with Gasteiger partial charge in [-0.3, -0.25) is 10.3 Å². The van der Waals surface area contributed by atoms with Gasteiger partial charge in [-0.05, 0) is 11.8 Å². The number of hydrogen-bond acceptors (Lipinski definition) is 2. The monoisotopic (exact) mass is 239 g/mol. The second kappa shape index (κ2) is 5.00. The molecule has 0 fully saturated rings. The summed E-state index contributed by atoms with van der Waals surface area (Å²) in [6.07, 6.45) is 0. The van der Waals surface area contributed by atoms with Crippen molar-refractivity contribution in [3.63, 3.8) is 0 Å². The summed E-state index contributed by atoms with van der Waals surface area (Å²) in [7, 11) is 0. The number of thioether (sulfide) groups is 1. The van der Waals surface area contributed by atoms with E-state index in [1.807, 2.05) is 11.8 Å². The molecule has 3 nitrogen and oxygen atoms in total. The first kappa shape index (κ1) is 9.35. The van der Waals surface area contributed by atoms with Crippen molar-refractivity contribution in [3.05, 3.63) is 0 Å². The van der Waals surface area contributed by atoms with E-state index in [4.69, 9.17) is 0 Å². The van der Waals surface area contributed by atoms with Gasteiger partial charge in [0.05, 0.1) is 11.8 Å². The van der Waals surface area contributed by atoms with Crippen LogP contribution in [-0.4, -0.2) is 35.4 Å². The fourth-order valence-corrected chi connectivity index (χ4v) is 2.39. The predicted octanol–water partition coefficient (Wildman–Crippen LogP) is -2.24. The zero-order valence-corrected chi connectivity index (χ0v) is 8.80. The molecular formula is C6H14BrN3S+2. The quantitative estimate of drug-likeness (QED) is 0.489. The molecule has 0 bridgehead atoms. The number of hydrogen-bond donors (Lipinski definition) is 3. The maximum Gasteiger partial charge on any atom is 0.304 e. The molecule has 0 aromatic heterocycles. The highest BCUT2D eigenvalue weighted by atomic mass is 79.9. The first-order valence-corrected chi connectivity index (χ1v) is 5.73. The van der Waals surface area contributed by atoms with Gasteiger partial charge in [-0.2, -0.15) is 0 Å². The van der Waals surface area contributed by atoms with E-state index in [2.05, 4.69) is 32.0 Å². The van der Waals surface area contributed by atoms with Crippen molar-refractivity contribution >= 4 is 32.9 Å². The Morgan fingerprint density at radius 1 is 1.82 bits per heavy atom. The van der Waals surface area contributed by atoms with Gasteiger partial charge in [0.1, 0.15) is 13.1 Å². The third kappa shape index (κ3) is 3.01. The molecular weight excluding hydrogens is 226 g/mol. The summed E-state index contributed by atoms with van der Waals surface area (Å²) in [5.74, 6) is 0. The van der Waals surface area contributed by atoms with Gasteiger partial charge >= 0.3 is 5.17 Å². The van der Waals surface area contributed by atoms with E-state index in [1.54, 1.807) is 0 Å². The SMILES string of the molecule is [NH3+]CCNC1=[NH+]CC(CBr)S1. The molecule has 1 atom stereocenters. The molecule has 0 amide bonds. The molecule has 0 aromatic rings.